The minimum absolute atomic E-state index is 0.0325. The van der Waals surface area contributed by atoms with Gasteiger partial charge in [0.1, 0.15) is 0 Å². The molecule has 0 radical (unpaired) electrons. The second-order valence-electron chi connectivity index (χ2n) is 6.14. The van der Waals surface area contributed by atoms with Crippen LogP contribution in [0.2, 0.25) is 0 Å². The third-order valence-electron chi connectivity index (χ3n) is 3.28. The topological polar surface area (TPSA) is 17.1 Å². The first-order chi connectivity index (χ1) is 7.24. The number of allylic oxidation sites excluding steroid dienone is 4. The molecule has 0 aromatic carbocycles. The van der Waals surface area contributed by atoms with Gasteiger partial charge in [0.2, 0.25) is 0 Å². The van der Waals surface area contributed by atoms with Gasteiger partial charge in [-0.1, -0.05) is 31.9 Å². The molecule has 1 heteroatoms. The molecular weight excluding hydrogens is 196 g/mol. The van der Waals surface area contributed by atoms with E-state index in [1.807, 2.05) is 13.8 Å². The van der Waals surface area contributed by atoms with Crippen molar-refractivity contribution in [1.82, 2.24) is 0 Å². The molecule has 1 atom stereocenters. The van der Waals surface area contributed by atoms with Crippen LogP contribution in [0.4, 0.5) is 0 Å². The van der Waals surface area contributed by atoms with Crippen LogP contribution in [0.3, 0.4) is 0 Å². The van der Waals surface area contributed by atoms with Gasteiger partial charge >= 0.3 is 0 Å². The maximum Gasteiger partial charge on any atom is 0.182 e. The van der Waals surface area contributed by atoms with E-state index < -0.39 is 0 Å². The minimum atomic E-state index is 0.0325. The molecule has 0 bridgehead atoms. The van der Waals surface area contributed by atoms with Crippen LogP contribution in [0.15, 0.2) is 22.8 Å². The number of carbonyl (C=O) groups excluding carboxylic acids is 1. The first kappa shape index (κ1) is 13.2. The van der Waals surface area contributed by atoms with Gasteiger partial charge in [0.05, 0.1) is 0 Å². The van der Waals surface area contributed by atoms with Gasteiger partial charge in [0.25, 0.3) is 0 Å². The van der Waals surface area contributed by atoms with E-state index in [2.05, 4.69) is 27.7 Å². The van der Waals surface area contributed by atoms with Crippen LogP contribution in [-0.2, 0) is 4.79 Å². The first-order valence-corrected chi connectivity index (χ1v) is 6.13. The van der Waals surface area contributed by atoms with Gasteiger partial charge in [-0.25, -0.2) is 0 Å². The van der Waals surface area contributed by atoms with Gasteiger partial charge < -0.3 is 0 Å². The molecule has 0 amide bonds. The number of ketones is 1. The minimum Gasteiger partial charge on any atom is -0.290 e. The van der Waals surface area contributed by atoms with E-state index in [0.29, 0.717) is 5.92 Å². The fourth-order valence-electron chi connectivity index (χ4n) is 3.13. The normalized spacial score (nSPS) is 24.2. The number of hydrogen-bond acceptors (Lipinski definition) is 1. The largest absolute Gasteiger partial charge is 0.290 e. The molecule has 0 heterocycles. The Balaban J connectivity index is 3.13. The monoisotopic (exact) mass is 220 g/mol. The van der Waals surface area contributed by atoms with Gasteiger partial charge in [0.15, 0.2) is 5.78 Å². The van der Waals surface area contributed by atoms with Crippen molar-refractivity contribution >= 4 is 5.78 Å². The SMILES string of the molecule is CC(C)=CC(=O)C1=C(C)CC(C)CC1(C)C. The average Bonchev–Trinajstić information content (AvgIpc) is 1.96. The van der Waals surface area contributed by atoms with Gasteiger partial charge in [-0.2, -0.15) is 0 Å². The summed E-state index contributed by atoms with van der Waals surface area (Å²) in [6.45, 7) is 12.7. The summed E-state index contributed by atoms with van der Waals surface area (Å²) < 4.78 is 0. The molecule has 0 saturated heterocycles. The number of rotatable bonds is 2. The van der Waals surface area contributed by atoms with E-state index >= 15 is 0 Å². The summed E-state index contributed by atoms with van der Waals surface area (Å²) >= 11 is 0. The van der Waals surface area contributed by atoms with Crippen molar-refractivity contribution in [3.63, 3.8) is 0 Å². The quantitative estimate of drug-likeness (QED) is 0.634. The summed E-state index contributed by atoms with van der Waals surface area (Å²) in [7, 11) is 0. The standard InChI is InChI=1S/C15H24O/c1-10(2)7-13(16)14-12(4)8-11(3)9-15(14,5)6/h7,11H,8-9H2,1-6H3. The molecule has 1 unspecified atom stereocenters. The molecular formula is C15H24O. The zero-order chi connectivity index (χ0) is 12.5. The molecule has 1 nitrogen and oxygen atoms in total. The molecule has 0 aromatic rings. The van der Waals surface area contributed by atoms with Crippen molar-refractivity contribution in [2.24, 2.45) is 11.3 Å². The van der Waals surface area contributed by atoms with Crippen LogP contribution < -0.4 is 0 Å². The third-order valence-corrected chi connectivity index (χ3v) is 3.28. The highest BCUT2D eigenvalue weighted by Gasteiger charge is 2.34. The molecule has 0 N–H and O–H groups in total. The Hall–Kier alpha value is -0.850. The summed E-state index contributed by atoms with van der Waals surface area (Å²) in [5.41, 5.74) is 3.45. The van der Waals surface area contributed by atoms with Crippen molar-refractivity contribution in [2.75, 3.05) is 0 Å². The second kappa shape index (κ2) is 4.57. The fraction of sp³-hybridized carbons (Fsp3) is 0.667. The maximum atomic E-state index is 12.2. The third kappa shape index (κ3) is 2.84. The molecule has 1 aliphatic rings. The Bertz CT molecular complexity index is 352. The van der Waals surface area contributed by atoms with Crippen molar-refractivity contribution < 1.29 is 4.79 Å². The Morgan fingerprint density at radius 2 is 1.94 bits per heavy atom. The van der Waals surface area contributed by atoms with Crippen LogP contribution in [0, 0.1) is 11.3 Å². The molecule has 16 heavy (non-hydrogen) atoms. The number of carbonyl (C=O) groups is 1. The summed E-state index contributed by atoms with van der Waals surface area (Å²) in [6.07, 6.45) is 3.96. The lowest BCUT2D eigenvalue weighted by atomic mass is 9.67. The van der Waals surface area contributed by atoms with Crippen LogP contribution in [0.5, 0.6) is 0 Å². The molecule has 1 rings (SSSR count). The van der Waals surface area contributed by atoms with E-state index in [0.717, 1.165) is 24.0 Å². The van der Waals surface area contributed by atoms with Crippen LogP contribution in [0.1, 0.15) is 54.4 Å². The molecule has 0 aromatic heterocycles. The fourth-order valence-corrected chi connectivity index (χ4v) is 3.13. The summed E-state index contributed by atoms with van der Waals surface area (Å²) in [4.78, 5) is 12.2. The summed E-state index contributed by atoms with van der Waals surface area (Å²) in [6, 6.07) is 0. The Morgan fingerprint density at radius 3 is 2.38 bits per heavy atom. The zero-order valence-electron chi connectivity index (χ0n) is 11.5. The van der Waals surface area contributed by atoms with Crippen molar-refractivity contribution in [2.45, 2.75) is 54.4 Å². The predicted octanol–water partition coefficient (Wildman–Crippen LogP) is 4.29. The lowest BCUT2D eigenvalue weighted by molar-refractivity contribution is -0.112. The summed E-state index contributed by atoms with van der Waals surface area (Å²) in [5.74, 6) is 0.910. The first-order valence-electron chi connectivity index (χ1n) is 6.13. The Labute approximate surface area is 99.6 Å². The Kier molecular flexibility index (Phi) is 3.77. The molecule has 0 aliphatic heterocycles. The highest BCUT2D eigenvalue weighted by molar-refractivity contribution is 6.05. The molecule has 90 valence electrons. The van der Waals surface area contributed by atoms with Crippen LogP contribution in [0.25, 0.3) is 0 Å². The zero-order valence-corrected chi connectivity index (χ0v) is 11.5. The van der Waals surface area contributed by atoms with Crippen LogP contribution >= 0.6 is 0 Å². The van der Waals surface area contributed by atoms with E-state index in [1.165, 1.54) is 5.57 Å². The van der Waals surface area contributed by atoms with E-state index in [4.69, 9.17) is 0 Å². The van der Waals surface area contributed by atoms with E-state index in [9.17, 15) is 4.79 Å². The van der Waals surface area contributed by atoms with Gasteiger partial charge in [0, 0.05) is 5.57 Å². The van der Waals surface area contributed by atoms with E-state index in [-0.39, 0.29) is 11.2 Å². The van der Waals surface area contributed by atoms with Crippen LogP contribution in [-0.4, -0.2) is 5.78 Å². The average molecular weight is 220 g/mol. The number of hydrogen-bond donors (Lipinski definition) is 0. The maximum absolute atomic E-state index is 12.2. The van der Waals surface area contributed by atoms with Crippen molar-refractivity contribution in [3.05, 3.63) is 22.8 Å². The van der Waals surface area contributed by atoms with E-state index in [1.54, 1.807) is 6.08 Å². The molecule has 1 aliphatic carbocycles. The van der Waals surface area contributed by atoms with Gasteiger partial charge in [-0.3, -0.25) is 4.79 Å². The molecule has 0 spiro atoms. The second-order valence-corrected chi connectivity index (χ2v) is 6.14. The lowest BCUT2D eigenvalue weighted by Crippen LogP contribution is -2.28. The van der Waals surface area contributed by atoms with Crippen molar-refractivity contribution in [3.8, 4) is 0 Å². The predicted molar refractivity (Wildman–Crippen MR) is 69.3 cm³/mol. The van der Waals surface area contributed by atoms with Crippen molar-refractivity contribution in [1.29, 1.82) is 0 Å². The Morgan fingerprint density at radius 1 is 1.38 bits per heavy atom. The molecule has 0 saturated carbocycles. The molecule has 0 fully saturated rings. The van der Waals surface area contributed by atoms with Gasteiger partial charge in [-0.15, -0.1) is 0 Å². The van der Waals surface area contributed by atoms with Gasteiger partial charge in [-0.05, 0) is 51.0 Å². The smallest absolute Gasteiger partial charge is 0.182 e. The highest BCUT2D eigenvalue weighted by Crippen LogP contribution is 2.43. The lowest BCUT2D eigenvalue weighted by Gasteiger charge is -2.36. The summed E-state index contributed by atoms with van der Waals surface area (Å²) in [5, 5.41) is 0. The highest BCUT2D eigenvalue weighted by atomic mass is 16.1.